The second-order valence-corrected chi connectivity index (χ2v) is 7.70. The molecule has 0 unspecified atom stereocenters. The summed E-state index contributed by atoms with van der Waals surface area (Å²) in [6.07, 6.45) is 3.40. The summed E-state index contributed by atoms with van der Waals surface area (Å²) >= 11 is 0. The van der Waals surface area contributed by atoms with Crippen molar-refractivity contribution in [1.29, 1.82) is 5.26 Å². The molecule has 25 heavy (non-hydrogen) atoms. The Kier molecular flexibility index (Phi) is 5.73. The van der Waals surface area contributed by atoms with Crippen LogP contribution in [0, 0.1) is 17.2 Å². The minimum absolute atomic E-state index is 0.0312. The van der Waals surface area contributed by atoms with Crippen molar-refractivity contribution < 1.29 is 9.59 Å². The number of carbonyl (C=O) groups is 2. The summed E-state index contributed by atoms with van der Waals surface area (Å²) in [6, 6.07) is 3.37. The average Bonchev–Trinajstić information content (AvgIpc) is 3.01. The van der Waals surface area contributed by atoms with Crippen LogP contribution in [0.4, 0.5) is 4.79 Å². The number of aromatic nitrogens is 1. The van der Waals surface area contributed by atoms with Crippen LogP contribution in [0.3, 0.4) is 0 Å². The summed E-state index contributed by atoms with van der Waals surface area (Å²) in [7, 11) is 0. The zero-order chi connectivity index (χ0) is 18.6. The van der Waals surface area contributed by atoms with E-state index in [0.717, 1.165) is 12.8 Å². The second-order valence-electron chi connectivity index (χ2n) is 7.70. The van der Waals surface area contributed by atoms with Gasteiger partial charge >= 0.3 is 6.03 Å². The number of piperidine rings is 1. The number of hydrogen-bond donors (Lipinski definition) is 3. The van der Waals surface area contributed by atoms with Gasteiger partial charge in [-0.2, -0.15) is 5.26 Å². The molecule has 0 bridgehead atoms. The van der Waals surface area contributed by atoms with E-state index in [1.165, 1.54) is 6.20 Å². The number of nitrogens with zero attached hydrogens (tertiary/aromatic N) is 2. The highest BCUT2D eigenvalue weighted by molar-refractivity contribution is 5.93. The highest BCUT2D eigenvalue weighted by Gasteiger charge is 2.29. The number of aromatic amines is 1. The van der Waals surface area contributed by atoms with Gasteiger partial charge < -0.3 is 20.5 Å². The number of likely N-dealkylation sites (tertiary alicyclic amines) is 1. The Balaban J connectivity index is 1.94. The van der Waals surface area contributed by atoms with Crippen LogP contribution in [0.15, 0.2) is 12.3 Å². The first-order valence-electron chi connectivity index (χ1n) is 8.66. The van der Waals surface area contributed by atoms with Crippen LogP contribution in [-0.2, 0) is 0 Å². The lowest BCUT2D eigenvalue weighted by molar-refractivity contribution is 0.0648. The molecule has 1 saturated heterocycles. The molecule has 0 aliphatic carbocycles. The molecule has 2 rings (SSSR count). The third-order valence-corrected chi connectivity index (χ3v) is 4.34. The average molecular weight is 345 g/mol. The number of nitrogens with one attached hydrogen (secondary N) is 3. The van der Waals surface area contributed by atoms with Crippen LogP contribution in [-0.4, -0.2) is 46.5 Å². The van der Waals surface area contributed by atoms with Crippen LogP contribution >= 0.6 is 0 Å². The number of H-pyrrole nitrogens is 1. The SMILES string of the molecule is C[C@@H](NC(=O)NC(C)(C)C)[C@H]1CCCN(C(=O)c2cc(C#N)c[nH]2)C1. The number of carbonyl (C=O) groups excluding carboxylic acids is 2. The fourth-order valence-electron chi connectivity index (χ4n) is 3.06. The van der Waals surface area contributed by atoms with E-state index in [-0.39, 0.29) is 29.4 Å². The lowest BCUT2D eigenvalue weighted by Crippen LogP contribution is -2.53. The molecule has 136 valence electrons. The minimum atomic E-state index is -0.287. The quantitative estimate of drug-likeness (QED) is 0.783. The first-order valence-corrected chi connectivity index (χ1v) is 8.66. The van der Waals surface area contributed by atoms with Crippen LogP contribution in [0.5, 0.6) is 0 Å². The summed E-state index contributed by atoms with van der Waals surface area (Å²) in [6.45, 7) is 9.06. The molecule has 3 N–H and O–H groups in total. The smallest absolute Gasteiger partial charge is 0.315 e. The van der Waals surface area contributed by atoms with E-state index in [0.29, 0.717) is 24.3 Å². The molecule has 3 amide bonds. The van der Waals surface area contributed by atoms with Gasteiger partial charge in [0.05, 0.1) is 5.56 Å². The Hall–Kier alpha value is -2.49. The van der Waals surface area contributed by atoms with E-state index >= 15 is 0 Å². The fraction of sp³-hybridized carbons (Fsp3) is 0.611. The van der Waals surface area contributed by atoms with Gasteiger partial charge in [0.2, 0.25) is 0 Å². The maximum atomic E-state index is 12.6. The molecule has 7 nitrogen and oxygen atoms in total. The lowest BCUT2D eigenvalue weighted by Gasteiger charge is -2.36. The van der Waals surface area contributed by atoms with Crippen molar-refractivity contribution in [2.75, 3.05) is 13.1 Å². The van der Waals surface area contributed by atoms with Gasteiger partial charge in [-0.3, -0.25) is 4.79 Å². The van der Waals surface area contributed by atoms with Gasteiger partial charge in [-0.05, 0) is 52.5 Å². The van der Waals surface area contributed by atoms with Gasteiger partial charge in [0.15, 0.2) is 0 Å². The molecule has 0 saturated carbocycles. The van der Waals surface area contributed by atoms with Crippen LogP contribution in [0.1, 0.15) is 56.6 Å². The van der Waals surface area contributed by atoms with Gasteiger partial charge in [-0.25, -0.2) is 4.79 Å². The number of hydrogen-bond acceptors (Lipinski definition) is 3. The van der Waals surface area contributed by atoms with E-state index in [9.17, 15) is 9.59 Å². The molecule has 1 fully saturated rings. The van der Waals surface area contributed by atoms with Crippen molar-refractivity contribution in [1.82, 2.24) is 20.5 Å². The number of nitriles is 1. The monoisotopic (exact) mass is 345 g/mol. The Morgan fingerprint density at radius 2 is 2.16 bits per heavy atom. The van der Waals surface area contributed by atoms with E-state index < -0.39 is 0 Å². The molecule has 2 atom stereocenters. The third-order valence-electron chi connectivity index (χ3n) is 4.34. The van der Waals surface area contributed by atoms with Crippen molar-refractivity contribution in [2.24, 2.45) is 5.92 Å². The standard InChI is InChI=1S/C18H27N5O2/c1-12(21-17(25)22-18(2,3)4)14-6-5-7-23(11-14)16(24)15-8-13(9-19)10-20-15/h8,10,12,14,20H,5-7,11H2,1-4H3,(H2,21,22,25)/t12-,14+/m1/s1. The van der Waals surface area contributed by atoms with E-state index in [2.05, 4.69) is 15.6 Å². The maximum absolute atomic E-state index is 12.6. The molecular weight excluding hydrogens is 318 g/mol. The Bertz CT molecular complexity index is 668. The zero-order valence-corrected chi connectivity index (χ0v) is 15.3. The highest BCUT2D eigenvalue weighted by atomic mass is 16.2. The molecule has 0 aromatic carbocycles. The number of amides is 3. The van der Waals surface area contributed by atoms with E-state index in [1.807, 2.05) is 33.8 Å². The summed E-state index contributed by atoms with van der Waals surface area (Å²) in [5, 5.41) is 14.8. The first-order chi connectivity index (χ1) is 11.7. The molecule has 1 aromatic rings. The highest BCUT2D eigenvalue weighted by Crippen LogP contribution is 2.21. The van der Waals surface area contributed by atoms with Gasteiger partial charge in [-0.15, -0.1) is 0 Å². The Morgan fingerprint density at radius 1 is 1.44 bits per heavy atom. The third kappa shape index (κ3) is 5.24. The first kappa shape index (κ1) is 18.8. The number of rotatable bonds is 3. The molecule has 0 spiro atoms. The number of urea groups is 1. The molecule has 1 aromatic heterocycles. The van der Waals surface area contributed by atoms with E-state index in [4.69, 9.17) is 5.26 Å². The predicted octanol–water partition coefficient (Wildman–Crippen LogP) is 2.22. The normalized spacial score (nSPS) is 19.0. The van der Waals surface area contributed by atoms with Gasteiger partial charge in [0.25, 0.3) is 5.91 Å². The topological polar surface area (TPSA) is 101 Å². The molecule has 0 radical (unpaired) electrons. The molecular formula is C18H27N5O2. The predicted molar refractivity (Wildman–Crippen MR) is 95.0 cm³/mol. The van der Waals surface area contributed by atoms with Crippen LogP contribution < -0.4 is 10.6 Å². The van der Waals surface area contributed by atoms with Gasteiger partial charge in [0.1, 0.15) is 11.8 Å². The lowest BCUT2D eigenvalue weighted by atomic mass is 9.91. The van der Waals surface area contributed by atoms with Gasteiger partial charge in [0, 0.05) is 30.9 Å². The largest absolute Gasteiger partial charge is 0.356 e. The van der Waals surface area contributed by atoms with Crippen molar-refractivity contribution in [3.63, 3.8) is 0 Å². The van der Waals surface area contributed by atoms with Crippen molar-refractivity contribution in [3.8, 4) is 6.07 Å². The molecule has 1 aliphatic rings. The van der Waals surface area contributed by atoms with E-state index in [1.54, 1.807) is 11.0 Å². The van der Waals surface area contributed by atoms with Crippen LogP contribution in [0.25, 0.3) is 0 Å². The van der Waals surface area contributed by atoms with Crippen molar-refractivity contribution in [2.45, 2.75) is 52.1 Å². The zero-order valence-electron chi connectivity index (χ0n) is 15.3. The summed E-state index contributed by atoms with van der Waals surface area (Å²) in [5.74, 6) is 0.103. The van der Waals surface area contributed by atoms with Crippen molar-refractivity contribution >= 4 is 11.9 Å². The second kappa shape index (κ2) is 7.60. The Labute approximate surface area is 148 Å². The molecule has 2 heterocycles. The Morgan fingerprint density at radius 3 is 2.76 bits per heavy atom. The fourth-order valence-corrected chi connectivity index (χ4v) is 3.06. The minimum Gasteiger partial charge on any atom is -0.356 e. The van der Waals surface area contributed by atoms with Crippen LogP contribution in [0.2, 0.25) is 0 Å². The van der Waals surface area contributed by atoms with Crippen molar-refractivity contribution in [3.05, 3.63) is 23.5 Å². The molecule has 1 aliphatic heterocycles. The molecule has 7 heteroatoms. The maximum Gasteiger partial charge on any atom is 0.315 e. The summed E-state index contributed by atoms with van der Waals surface area (Å²) in [5.41, 5.74) is 0.596. The summed E-state index contributed by atoms with van der Waals surface area (Å²) in [4.78, 5) is 29.3. The summed E-state index contributed by atoms with van der Waals surface area (Å²) < 4.78 is 0. The van der Waals surface area contributed by atoms with Gasteiger partial charge in [-0.1, -0.05) is 0 Å².